The van der Waals surface area contributed by atoms with Crippen LogP contribution >= 0.6 is 0 Å². The molecule has 40 heavy (non-hydrogen) atoms. The van der Waals surface area contributed by atoms with Gasteiger partial charge in [0.15, 0.2) is 0 Å². The fraction of sp³-hybridized carbons (Fsp3) is 1.00. The predicted octanol–water partition coefficient (Wildman–Crippen LogP) is 14.3. The minimum absolute atomic E-state index is 0.794. The molecule has 0 rings (SSSR count). The topological polar surface area (TPSA) is 26.0 Å². The van der Waals surface area contributed by atoms with Gasteiger partial charge in [-0.1, -0.05) is 226 Å². The summed E-state index contributed by atoms with van der Waals surface area (Å²) in [4.78, 5) is 0. The fourth-order valence-corrected chi connectivity index (χ4v) is 6.52. The molecule has 1 atom stereocenters. The first-order chi connectivity index (χ1) is 19.8. The first-order valence-electron chi connectivity index (χ1n) is 19.5. The van der Waals surface area contributed by atoms with E-state index >= 15 is 0 Å². The number of hydrogen-bond acceptors (Lipinski definition) is 1. The zero-order valence-corrected chi connectivity index (χ0v) is 28.6. The van der Waals surface area contributed by atoms with Crippen molar-refractivity contribution >= 4 is 0 Å². The summed E-state index contributed by atoms with van der Waals surface area (Å²) >= 11 is 0. The van der Waals surface area contributed by atoms with E-state index in [9.17, 15) is 0 Å². The molecule has 1 unspecified atom stereocenters. The van der Waals surface area contributed by atoms with Gasteiger partial charge in [0.05, 0.1) is 0 Å². The molecule has 0 amide bonds. The third-order valence-electron chi connectivity index (χ3n) is 9.52. The van der Waals surface area contributed by atoms with Crippen molar-refractivity contribution in [3.63, 3.8) is 0 Å². The van der Waals surface area contributed by atoms with Crippen LogP contribution in [0.3, 0.4) is 0 Å². The van der Waals surface area contributed by atoms with Gasteiger partial charge in [-0.15, -0.1) is 0 Å². The van der Waals surface area contributed by atoms with E-state index < -0.39 is 0 Å². The standard InChI is InChI=1S/C39H81N/c1-3-5-7-9-11-13-15-17-19-21-23-25-27-29-31-33-35-37-39(38-40)36-34-32-30-28-26-24-22-20-18-16-14-12-10-8-6-4-2/h39H,3-38,40H2,1-2H3. The van der Waals surface area contributed by atoms with Gasteiger partial charge in [-0.3, -0.25) is 0 Å². The number of nitrogens with two attached hydrogens (primary N) is 1. The summed E-state index contributed by atoms with van der Waals surface area (Å²) in [7, 11) is 0. The lowest BCUT2D eigenvalue weighted by atomic mass is 9.94. The number of unbranched alkanes of at least 4 members (excludes halogenated alkanes) is 31. The Hall–Kier alpha value is -0.0400. The molecule has 0 aliphatic carbocycles. The maximum absolute atomic E-state index is 6.11. The third kappa shape index (κ3) is 34.2. The summed E-state index contributed by atoms with van der Waals surface area (Å²) in [5.74, 6) is 0.794. The molecule has 0 radical (unpaired) electrons. The molecule has 0 aliphatic heterocycles. The molecule has 0 aliphatic rings. The fourth-order valence-electron chi connectivity index (χ4n) is 6.52. The SMILES string of the molecule is CCCCCCCCCCCCCCCCCCCC(CN)CCCCCCCCCCCCCCCCCC. The van der Waals surface area contributed by atoms with Crippen molar-refractivity contribution in [1.29, 1.82) is 0 Å². The van der Waals surface area contributed by atoms with Crippen molar-refractivity contribution in [2.24, 2.45) is 11.7 Å². The van der Waals surface area contributed by atoms with E-state index in [4.69, 9.17) is 5.73 Å². The predicted molar refractivity (Wildman–Crippen MR) is 185 cm³/mol. The Labute approximate surface area is 256 Å². The monoisotopic (exact) mass is 564 g/mol. The molecule has 1 heteroatoms. The molecule has 0 aromatic carbocycles. The Morgan fingerprint density at radius 2 is 0.450 bits per heavy atom. The Bertz CT molecular complexity index is 419. The van der Waals surface area contributed by atoms with Gasteiger partial charge in [-0.05, 0) is 25.3 Å². The quantitative estimate of drug-likeness (QED) is 0.0753. The van der Waals surface area contributed by atoms with Crippen molar-refractivity contribution in [1.82, 2.24) is 0 Å². The lowest BCUT2D eigenvalue weighted by Gasteiger charge is -2.14. The molecule has 0 fully saturated rings. The van der Waals surface area contributed by atoms with Crippen LogP contribution in [0.15, 0.2) is 0 Å². The summed E-state index contributed by atoms with van der Waals surface area (Å²) in [6, 6.07) is 0. The van der Waals surface area contributed by atoms with Crippen LogP contribution < -0.4 is 5.73 Å². The largest absolute Gasteiger partial charge is 0.330 e. The van der Waals surface area contributed by atoms with E-state index in [0.717, 1.165) is 12.5 Å². The summed E-state index contributed by atoms with van der Waals surface area (Å²) in [5.41, 5.74) is 6.11. The van der Waals surface area contributed by atoms with E-state index in [1.807, 2.05) is 0 Å². The summed E-state index contributed by atoms with van der Waals surface area (Å²) < 4.78 is 0. The van der Waals surface area contributed by atoms with Crippen LogP contribution in [-0.4, -0.2) is 6.54 Å². The molecular formula is C39H81N. The number of rotatable bonds is 36. The minimum atomic E-state index is 0.794. The van der Waals surface area contributed by atoms with Gasteiger partial charge in [0, 0.05) is 0 Å². The molecule has 0 aromatic heterocycles. The first kappa shape index (κ1) is 40.0. The van der Waals surface area contributed by atoms with Crippen LogP contribution in [0, 0.1) is 5.92 Å². The third-order valence-corrected chi connectivity index (χ3v) is 9.52. The van der Waals surface area contributed by atoms with Crippen LogP contribution in [0.1, 0.15) is 239 Å². The van der Waals surface area contributed by atoms with Crippen molar-refractivity contribution in [2.45, 2.75) is 239 Å². The van der Waals surface area contributed by atoms with Crippen LogP contribution in [-0.2, 0) is 0 Å². The molecule has 0 spiro atoms. The van der Waals surface area contributed by atoms with Gasteiger partial charge in [-0.25, -0.2) is 0 Å². The van der Waals surface area contributed by atoms with Crippen molar-refractivity contribution < 1.29 is 0 Å². The lowest BCUT2D eigenvalue weighted by molar-refractivity contribution is 0.409. The smallest absolute Gasteiger partial charge is 0.00489 e. The molecule has 0 saturated carbocycles. The Kier molecular flexibility index (Phi) is 36.9. The van der Waals surface area contributed by atoms with E-state index in [0.29, 0.717) is 0 Å². The molecule has 0 saturated heterocycles. The molecule has 0 bridgehead atoms. The van der Waals surface area contributed by atoms with E-state index in [2.05, 4.69) is 13.8 Å². The number of hydrogen-bond donors (Lipinski definition) is 1. The second-order valence-electron chi connectivity index (χ2n) is 13.6. The maximum Gasteiger partial charge on any atom is -0.00489 e. The van der Waals surface area contributed by atoms with Gasteiger partial charge < -0.3 is 5.73 Å². The average molecular weight is 564 g/mol. The van der Waals surface area contributed by atoms with Gasteiger partial charge in [-0.2, -0.15) is 0 Å². The highest BCUT2D eigenvalue weighted by molar-refractivity contribution is 4.61. The first-order valence-corrected chi connectivity index (χ1v) is 19.5. The van der Waals surface area contributed by atoms with Crippen molar-refractivity contribution in [3.05, 3.63) is 0 Å². The lowest BCUT2D eigenvalue weighted by Crippen LogP contribution is -2.14. The molecule has 1 nitrogen and oxygen atoms in total. The normalized spacial score (nSPS) is 12.4. The van der Waals surface area contributed by atoms with Crippen LogP contribution in [0.4, 0.5) is 0 Å². The van der Waals surface area contributed by atoms with Gasteiger partial charge in [0.1, 0.15) is 0 Å². The minimum Gasteiger partial charge on any atom is -0.330 e. The highest BCUT2D eigenvalue weighted by Crippen LogP contribution is 2.20. The zero-order chi connectivity index (χ0) is 29.0. The zero-order valence-electron chi connectivity index (χ0n) is 28.6. The Balaban J connectivity index is 3.24. The summed E-state index contributed by atoms with van der Waals surface area (Å²) in [6.45, 7) is 5.53. The van der Waals surface area contributed by atoms with E-state index in [-0.39, 0.29) is 0 Å². The van der Waals surface area contributed by atoms with E-state index in [1.54, 1.807) is 0 Å². The summed E-state index contributed by atoms with van der Waals surface area (Å²) in [5, 5.41) is 0. The molecular weight excluding hydrogens is 482 g/mol. The van der Waals surface area contributed by atoms with E-state index in [1.165, 1.54) is 225 Å². The van der Waals surface area contributed by atoms with Gasteiger partial charge >= 0.3 is 0 Å². The van der Waals surface area contributed by atoms with Gasteiger partial charge in [0.2, 0.25) is 0 Å². The summed E-state index contributed by atoms with van der Waals surface area (Å²) in [6.07, 6.45) is 50.9. The van der Waals surface area contributed by atoms with Crippen molar-refractivity contribution in [3.8, 4) is 0 Å². The highest BCUT2D eigenvalue weighted by Gasteiger charge is 2.06. The molecule has 242 valence electrons. The average Bonchev–Trinajstić information content (AvgIpc) is 2.97. The Morgan fingerprint density at radius 1 is 0.275 bits per heavy atom. The second-order valence-corrected chi connectivity index (χ2v) is 13.6. The van der Waals surface area contributed by atoms with Crippen LogP contribution in [0.25, 0.3) is 0 Å². The maximum atomic E-state index is 6.11. The molecule has 0 aromatic rings. The second kappa shape index (κ2) is 37.0. The Morgan fingerprint density at radius 3 is 0.625 bits per heavy atom. The molecule has 2 N–H and O–H groups in total. The highest BCUT2D eigenvalue weighted by atomic mass is 14.5. The van der Waals surface area contributed by atoms with Gasteiger partial charge in [0.25, 0.3) is 0 Å². The molecule has 0 heterocycles. The van der Waals surface area contributed by atoms with Crippen molar-refractivity contribution in [2.75, 3.05) is 6.54 Å². The van der Waals surface area contributed by atoms with Crippen LogP contribution in [0.2, 0.25) is 0 Å². The van der Waals surface area contributed by atoms with Crippen LogP contribution in [0.5, 0.6) is 0 Å².